The van der Waals surface area contributed by atoms with Crippen molar-refractivity contribution in [2.75, 3.05) is 7.11 Å². The minimum atomic E-state index is -5.15. The van der Waals surface area contributed by atoms with Gasteiger partial charge in [0.15, 0.2) is 0 Å². The normalized spacial score (nSPS) is 18.5. The Balaban J connectivity index is 4.03. The summed E-state index contributed by atoms with van der Waals surface area (Å²) in [7, 11) is -4.29. The van der Waals surface area contributed by atoms with Crippen LogP contribution in [-0.2, 0) is 13.6 Å². The molecule has 0 aromatic rings. The zero-order valence-electron chi connectivity index (χ0n) is 4.75. The third kappa shape index (κ3) is 4.75. The molecule has 8 heteroatoms. The molecule has 0 aliphatic rings. The summed E-state index contributed by atoms with van der Waals surface area (Å²) in [6.45, 7) is 0. The van der Waals surface area contributed by atoms with Crippen LogP contribution >= 0.6 is 7.82 Å². The second-order valence-electron chi connectivity index (χ2n) is 1.19. The first-order valence-corrected chi connectivity index (χ1v) is 3.42. The van der Waals surface area contributed by atoms with E-state index in [1.54, 1.807) is 0 Å². The van der Waals surface area contributed by atoms with E-state index in [4.69, 9.17) is 4.89 Å². The third-order valence-electron chi connectivity index (χ3n) is 0.450. The van der Waals surface area contributed by atoms with Gasteiger partial charge in [-0.2, -0.15) is 4.52 Å². The van der Waals surface area contributed by atoms with Crippen molar-refractivity contribution in [3.63, 3.8) is 0 Å². The summed E-state index contributed by atoms with van der Waals surface area (Å²) in [5.41, 5.74) is 0. The number of alkyl halides is 3. The van der Waals surface area contributed by atoms with Gasteiger partial charge in [0, 0.05) is 7.11 Å². The number of hydrogen-bond donors (Lipinski definition) is 1. The number of hydrogen-bond acceptors (Lipinski definition) is 3. The maximum atomic E-state index is 11.1. The molecule has 0 aromatic heterocycles. The summed E-state index contributed by atoms with van der Waals surface area (Å²) in [6.07, 6.45) is -5.15. The van der Waals surface area contributed by atoms with Crippen LogP contribution in [0, 0.1) is 0 Å². The molecular weight excluding hydrogens is 176 g/mol. The Bertz CT molecular complexity index is 153. The van der Waals surface area contributed by atoms with Crippen molar-refractivity contribution in [2.24, 2.45) is 0 Å². The lowest BCUT2D eigenvalue weighted by Crippen LogP contribution is -2.11. The van der Waals surface area contributed by atoms with Crippen molar-refractivity contribution < 1.29 is 31.7 Å². The molecule has 0 radical (unpaired) electrons. The standard InChI is InChI=1S/C2H4F3O4P/c1-8-10(6,7)9-2(3,4)5/h1H3,(H,6,7). The van der Waals surface area contributed by atoms with Crippen LogP contribution in [0.2, 0.25) is 0 Å². The number of phosphoric acid groups is 1. The van der Waals surface area contributed by atoms with Gasteiger partial charge in [0.1, 0.15) is 0 Å². The van der Waals surface area contributed by atoms with Crippen molar-refractivity contribution in [1.29, 1.82) is 0 Å². The largest absolute Gasteiger partial charge is 0.531 e. The molecule has 0 rings (SSSR count). The summed E-state index contributed by atoms with van der Waals surface area (Å²) in [4.78, 5) is 8.05. The molecule has 0 fully saturated rings. The predicted octanol–water partition coefficient (Wildman–Crippen LogP) is 1.27. The average Bonchev–Trinajstić information content (AvgIpc) is 1.60. The Morgan fingerprint density at radius 3 is 2.00 bits per heavy atom. The average molecular weight is 180 g/mol. The summed E-state index contributed by atoms with van der Waals surface area (Å²) in [6, 6.07) is 0. The maximum Gasteiger partial charge on any atom is 0.531 e. The zero-order valence-corrected chi connectivity index (χ0v) is 5.65. The van der Waals surface area contributed by atoms with E-state index in [0.717, 1.165) is 0 Å². The fraction of sp³-hybridized carbons (Fsp3) is 1.00. The fourth-order valence-electron chi connectivity index (χ4n) is 0.168. The number of rotatable bonds is 2. The van der Waals surface area contributed by atoms with Gasteiger partial charge in [0.05, 0.1) is 0 Å². The van der Waals surface area contributed by atoms with E-state index < -0.39 is 14.2 Å². The van der Waals surface area contributed by atoms with Gasteiger partial charge in [-0.15, -0.1) is 13.2 Å². The molecule has 0 bridgehead atoms. The molecule has 1 N–H and O–H groups in total. The van der Waals surface area contributed by atoms with Crippen molar-refractivity contribution in [3.05, 3.63) is 0 Å². The maximum absolute atomic E-state index is 11.1. The van der Waals surface area contributed by atoms with Gasteiger partial charge >= 0.3 is 14.2 Å². The molecule has 0 heterocycles. The van der Waals surface area contributed by atoms with E-state index in [1.165, 1.54) is 0 Å². The van der Waals surface area contributed by atoms with Gasteiger partial charge in [0.25, 0.3) is 0 Å². The Morgan fingerprint density at radius 2 is 1.90 bits per heavy atom. The molecule has 0 aromatic carbocycles. The highest BCUT2D eigenvalue weighted by molar-refractivity contribution is 7.47. The highest BCUT2D eigenvalue weighted by Crippen LogP contribution is 2.47. The Kier molecular flexibility index (Phi) is 2.85. The number of phosphoric ester groups is 1. The molecular formula is C2H4F3O4P. The topological polar surface area (TPSA) is 55.8 Å². The van der Waals surface area contributed by atoms with Crippen LogP contribution in [0.1, 0.15) is 0 Å². The molecule has 0 aliphatic heterocycles. The van der Waals surface area contributed by atoms with Gasteiger partial charge in [0.2, 0.25) is 0 Å². The van der Waals surface area contributed by atoms with Crippen LogP contribution in [0.3, 0.4) is 0 Å². The van der Waals surface area contributed by atoms with Crippen LogP contribution in [0.25, 0.3) is 0 Å². The van der Waals surface area contributed by atoms with Crippen molar-refractivity contribution >= 4 is 7.82 Å². The van der Waals surface area contributed by atoms with E-state index in [0.29, 0.717) is 7.11 Å². The van der Waals surface area contributed by atoms with E-state index in [-0.39, 0.29) is 0 Å². The van der Waals surface area contributed by atoms with Crippen LogP contribution in [0.5, 0.6) is 0 Å². The second-order valence-corrected chi connectivity index (χ2v) is 2.67. The molecule has 0 saturated carbocycles. The lowest BCUT2D eigenvalue weighted by atomic mass is 11.4. The highest BCUT2D eigenvalue weighted by Gasteiger charge is 2.40. The van der Waals surface area contributed by atoms with E-state index in [2.05, 4.69) is 9.05 Å². The summed E-state index contributed by atoms with van der Waals surface area (Å²) in [5, 5.41) is 0. The lowest BCUT2D eigenvalue weighted by Gasteiger charge is -2.10. The van der Waals surface area contributed by atoms with Crippen LogP contribution < -0.4 is 0 Å². The smallest absolute Gasteiger partial charge is 0.302 e. The first kappa shape index (κ1) is 9.90. The van der Waals surface area contributed by atoms with Gasteiger partial charge in [-0.25, -0.2) is 4.57 Å². The predicted molar refractivity (Wildman–Crippen MR) is 24.0 cm³/mol. The monoisotopic (exact) mass is 180 g/mol. The molecule has 10 heavy (non-hydrogen) atoms. The second kappa shape index (κ2) is 2.87. The minimum absolute atomic E-state index is 0.631. The Labute approximate surface area is 54.2 Å². The zero-order chi connectivity index (χ0) is 8.41. The van der Waals surface area contributed by atoms with Crippen LogP contribution in [0.15, 0.2) is 0 Å². The SMILES string of the molecule is COP(=O)(O)OC(F)(F)F. The lowest BCUT2D eigenvalue weighted by molar-refractivity contribution is -0.282. The molecule has 0 saturated heterocycles. The van der Waals surface area contributed by atoms with Gasteiger partial charge in [-0.1, -0.05) is 0 Å². The summed E-state index contributed by atoms with van der Waals surface area (Å²) >= 11 is 0. The van der Waals surface area contributed by atoms with Gasteiger partial charge in [-0.3, -0.25) is 4.52 Å². The summed E-state index contributed by atoms with van der Waals surface area (Å²) in [5.74, 6) is 0. The molecule has 0 aliphatic carbocycles. The van der Waals surface area contributed by atoms with E-state index in [9.17, 15) is 17.7 Å². The minimum Gasteiger partial charge on any atom is -0.302 e. The van der Waals surface area contributed by atoms with E-state index in [1.807, 2.05) is 0 Å². The van der Waals surface area contributed by atoms with Gasteiger partial charge in [-0.05, 0) is 0 Å². The molecule has 1 atom stereocenters. The Hall–Kier alpha value is -0.100. The molecule has 0 amide bonds. The van der Waals surface area contributed by atoms with Crippen LogP contribution in [-0.4, -0.2) is 18.4 Å². The fourth-order valence-corrected chi connectivity index (χ4v) is 0.504. The van der Waals surface area contributed by atoms with Gasteiger partial charge < -0.3 is 4.89 Å². The molecule has 4 nitrogen and oxygen atoms in total. The van der Waals surface area contributed by atoms with Crippen molar-refractivity contribution in [1.82, 2.24) is 0 Å². The van der Waals surface area contributed by atoms with E-state index >= 15 is 0 Å². The molecule has 0 spiro atoms. The first-order chi connectivity index (χ1) is 4.27. The van der Waals surface area contributed by atoms with Crippen LogP contribution in [0.4, 0.5) is 13.2 Å². The Morgan fingerprint density at radius 1 is 1.50 bits per heavy atom. The quantitative estimate of drug-likeness (QED) is 0.650. The first-order valence-electron chi connectivity index (χ1n) is 1.93. The number of halogens is 3. The highest BCUT2D eigenvalue weighted by atomic mass is 31.2. The van der Waals surface area contributed by atoms with Crippen molar-refractivity contribution in [2.45, 2.75) is 6.36 Å². The molecule has 1 unspecified atom stereocenters. The summed E-state index contributed by atoms with van der Waals surface area (Å²) < 4.78 is 49.4. The molecule has 62 valence electrons. The van der Waals surface area contributed by atoms with Crippen molar-refractivity contribution in [3.8, 4) is 0 Å². The third-order valence-corrected chi connectivity index (χ3v) is 1.35.